The van der Waals surface area contributed by atoms with E-state index in [1.807, 2.05) is 25.7 Å². The molecule has 2 saturated heterocycles. The molecule has 1 aromatic carbocycles. The van der Waals surface area contributed by atoms with E-state index in [4.69, 9.17) is 9.47 Å². The Morgan fingerprint density at radius 3 is 2.48 bits per heavy atom. The van der Waals surface area contributed by atoms with Crippen LogP contribution in [0.3, 0.4) is 0 Å². The first-order chi connectivity index (χ1) is 14.6. The normalized spacial score (nSPS) is 19.3. The van der Waals surface area contributed by atoms with E-state index < -0.39 is 23.6 Å². The zero-order valence-corrected chi connectivity index (χ0v) is 18.3. The van der Waals surface area contributed by atoms with Gasteiger partial charge in [-0.1, -0.05) is 0 Å². The topological polar surface area (TPSA) is 91.4 Å². The molecule has 3 rings (SSSR count). The predicted molar refractivity (Wildman–Crippen MR) is 113 cm³/mol. The molecule has 0 radical (unpaired) electrons. The number of ether oxygens (including phenoxy) is 2. The Hall–Kier alpha value is -3.04. The molecule has 2 heterocycles. The molecule has 170 valence electrons. The maximum atomic E-state index is 14.9. The zero-order chi connectivity index (χ0) is 22.8. The maximum absolute atomic E-state index is 14.9. The molecule has 0 aromatic heterocycles. The number of carbonyl (C=O) groups excluding carboxylic acids is 3. The fourth-order valence-corrected chi connectivity index (χ4v) is 3.52. The lowest BCUT2D eigenvalue weighted by Gasteiger charge is -2.37. The monoisotopic (exact) mass is 436 g/mol. The molecule has 0 bridgehead atoms. The molecule has 2 aliphatic rings. The van der Waals surface area contributed by atoms with Crippen LogP contribution in [0.1, 0.15) is 27.2 Å². The number of amides is 3. The second kappa shape index (κ2) is 8.99. The van der Waals surface area contributed by atoms with Crippen molar-refractivity contribution in [2.45, 2.75) is 38.9 Å². The number of nitrogens with one attached hydrogen (secondary N) is 1. The first-order valence-corrected chi connectivity index (χ1v) is 10.3. The van der Waals surface area contributed by atoms with E-state index in [0.29, 0.717) is 37.6 Å². The molecule has 0 aliphatic carbocycles. The van der Waals surface area contributed by atoms with Crippen LogP contribution in [-0.2, 0) is 14.3 Å². The Balaban J connectivity index is 1.61. The molecule has 0 spiro atoms. The van der Waals surface area contributed by atoms with Crippen molar-refractivity contribution in [1.29, 1.82) is 0 Å². The average molecular weight is 436 g/mol. The molecule has 0 saturated carbocycles. The number of halogens is 1. The number of hydrogen-bond acceptors (Lipinski definition) is 6. The second-order valence-electron chi connectivity index (χ2n) is 8.58. The van der Waals surface area contributed by atoms with Gasteiger partial charge in [-0.25, -0.2) is 14.0 Å². The Bertz CT molecular complexity index is 849. The molecular formula is C21H29FN4O5. The summed E-state index contributed by atoms with van der Waals surface area (Å²) in [5.41, 5.74) is 0.215. The molecule has 1 atom stereocenters. The zero-order valence-electron chi connectivity index (χ0n) is 18.3. The van der Waals surface area contributed by atoms with E-state index in [1.54, 1.807) is 17.0 Å². The van der Waals surface area contributed by atoms with E-state index in [2.05, 4.69) is 5.32 Å². The van der Waals surface area contributed by atoms with Crippen molar-refractivity contribution >= 4 is 29.5 Å². The van der Waals surface area contributed by atoms with Gasteiger partial charge in [-0.05, 0) is 39.0 Å². The molecule has 1 unspecified atom stereocenters. The van der Waals surface area contributed by atoms with Crippen LogP contribution in [0.15, 0.2) is 18.2 Å². The van der Waals surface area contributed by atoms with E-state index in [-0.39, 0.29) is 25.0 Å². The van der Waals surface area contributed by atoms with Crippen LogP contribution in [0.25, 0.3) is 0 Å². The number of piperazine rings is 1. The van der Waals surface area contributed by atoms with Gasteiger partial charge in [-0.15, -0.1) is 0 Å². The third-order valence-corrected chi connectivity index (χ3v) is 5.08. The summed E-state index contributed by atoms with van der Waals surface area (Å²) in [5, 5.41) is 2.49. The van der Waals surface area contributed by atoms with E-state index >= 15 is 0 Å². The Morgan fingerprint density at radius 1 is 1.23 bits per heavy atom. The highest BCUT2D eigenvalue weighted by molar-refractivity contribution is 5.90. The number of anilines is 2. The molecule has 1 aromatic rings. The molecule has 31 heavy (non-hydrogen) atoms. The Kier molecular flexibility index (Phi) is 6.56. The van der Waals surface area contributed by atoms with E-state index in [9.17, 15) is 18.8 Å². The highest BCUT2D eigenvalue weighted by Gasteiger charge is 2.34. The lowest BCUT2D eigenvalue weighted by Crippen LogP contribution is -2.50. The first kappa shape index (κ1) is 22.6. The van der Waals surface area contributed by atoms with Crippen LogP contribution >= 0.6 is 0 Å². The van der Waals surface area contributed by atoms with Crippen molar-refractivity contribution in [1.82, 2.24) is 10.2 Å². The fourth-order valence-electron chi connectivity index (χ4n) is 3.52. The minimum atomic E-state index is -0.605. The largest absolute Gasteiger partial charge is 0.444 e. The summed E-state index contributed by atoms with van der Waals surface area (Å²) >= 11 is 0. The van der Waals surface area contributed by atoms with Crippen molar-refractivity contribution in [3.8, 4) is 0 Å². The highest BCUT2D eigenvalue weighted by atomic mass is 19.1. The standard InChI is InChI=1S/C21H29FN4O5/c1-21(2,3)31-19(28)25-9-7-24(8-10-25)17-6-5-14(11-16(17)22)26-13-15(30-20(26)29)12-18(27)23-4/h5-6,11,15H,7-10,12-13H2,1-4H3,(H,23,27). The summed E-state index contributed by atoms with van der Waals surface area (Å²) in [5.74, 6) is -0.697. The molecule has 10 heteroatoms. The van der Waals surface area contributed by atoms with Crippen molar-refractivity contribution in [3.05, 3.63) is 24.0 Å². The number of hydrogen-bond donors (Lipinski definition) is 1. The summed E-state index contributed by atoms with van der Waals surface area (Å²) in [6, 6.07) is 4.56. The number of nitrogens with zero attached hydrogens (tertiary/aromatic N) is 3. The molecule has 3 amide bonds. The van der Waals surface area contributed by atoms with Crippen LogP contribution in [-0.4, -0.2) is 74.5 Å². The van der Waals surface area contributed by atoms with Gasteiger partial charge in [0.05, 0.1) is 24.3 Å². The van der Waals surface area contributed by atoms with Crippen molar-refractivity contribution in [3.63, 3.8) is 0 Å². The minimum Gasteiger partial charge on any atom is -0.444 e. The fraction of sp³-hybridized carbons (Fsp3) is 0.571. The molecule has 1 N–H and O–H groups in total. The Labute approximate surface area is 181 Å². The van der Waals surface area contributed by atoms with Crippen LogP contribution in [0.2, 0.25) is 0 Å². The quantitative estimate of drug-likeness (QED) is 0.779. The van der Waals surface area contributed by atoms with Crippen LogP contribution < -0.4 is 15.1 Å². The summed E-state index contributed by atoms with van der Waals surface area (Å²) in [6.45, 7) is 7.41. The summed E-state index contributed by atoms with van der Waals surface area (Å²) in [7, 11) is 1.51. The van der Waals surface area contributed by atoms with Gasteiger partial charge >= 0.3 is 12.2 Å². The smallest absolute Gasteiger partial charge is 0.414 e. The molecule has 2 aliphatic heterocycles. The van der Waals surface area contributed by atoms with Crippen molar-refractivity contribution in [2.24, 2.45) is 0 Å². The number of carbonyl (C=O) groups is 3. The number of cyclic esters (lactones) is 1. The second-order valence-corrected chi connectivity index (χ2v) is 8.58. The molecular weight excluding hydrogens is 407 g/mol. The van der Waals surface area contributed by atoms with E-state index in [1.165, 1.54) is 18.0 Å². The van der Waals surface area contributed by atoms with Crippen LogP contribution in [0, 0.1) is 5.82 Å². The average Bonchev–Trinajstić information content (AvgIpc) is 3.06. The van der Waals surface area contributed by atoms with Gasteiger partial charge in [0.2, 0.25) is 5.91 Å². The van der Waals surface area contributed by atoms with Gasteiger partial charge in [0.15, 0.2) is 0 Å². The van der Waals surface area contributed by atoms with Crippen LogP contribution in [0.5, 0.6) is 0 Å². The van der Waals surface area contributed by atoms with Crippen molar-refractivity contribution in [2.75, 3.05) is 49.6 Å². The van der Waals surface area contributed by atoms with Crippen molar-refractivity contribution < 1.29 is 28.2 Å². The summed E-state index contributed by atoms with van der Waals surface area (Å²) < 4.78 is 25.4. The van der Waals surface area contributed by atoms with Gasteiger partial charge in [0, 0.05) is 33.2 Å². The molecule has 2 fully saturated rings. The van der Waals surface area contributed by atoms with Gasteiger partial charge in [0.25, 0.3) is 0 Å². The van der Waals surface area contributed by atoms with Gasteiger partial charge < -0.3 is 24.6 Å². The lowest BCUT2D eigenvalue weighted by molar-refractivity contribution is -0.122. The maximum Gasteiger partial charge on any atom is 0.414 e. The van der Waals surface area contributed by atoms with Gasteiger partial charge in [-0.2, -0.15) is 0 Å². The third kappa shape index (κ3) is 5.56. The lowest BCUT2D eigenvalue weighted by atomic mass is 10.2. The third-order valence-electron chi connectivity index (χ3n) is 5.08. The number of rotatable bonds is 4. The highest BCUT2D eigenvalue weighted by Crippen LogP contribution is 2.29. The molecule has 9 nitrogen and oxygen atoms in total. The summed E-state index contributed by atoms with van der Waals surface area (Å²) in [6.07, 6.45) is -1.49. The van der Waals surface area contributed by atoms with Crippen LogP contribution in [0.4, 0.5) is 25.4 Å². The predicted octanol–water partition coefficient (Wildman–Crippen LogP) is 2.34. The number of benzene rings is 1. The minimum absolute atomic E-state index is 0.0568. The first-order valence-electron chi connectivity index (χ1n) is 10.3. The SMILES string of the molecule is CNC(=O)CC1CN(c2ccc(N3CCN(C(=O)OC(C)(C)C)CC3)c(F)c2)C(=O)O1. The summed E-state index contributed by atoms with van der Waals surface area (Å²) in [4.78, 5) is 40.6. The van der Waals surface area contributed by atoms with Gasteiger partial charge in [-0.3, -0.25) is 9.69 Å². The van der Waals surface area contributed by atoms with E-state index in [0.717, 1.165) is 0 Å². The van der Waals surface area contributed by atoms with Gasteiger partial charge in [0.1, 0.15) is 17.5 Å². The Morgan fingerprint density at radius 2 is 1.90 bits per heavy atom.